The van der Waals surface area contributed by atoms with Crippen molar-refractivity contribution in [2.75, 3.05) is 18.8 Å². The third-order valence-electron chi connectivity index (χ3n) is 3.35. The topological polar surface area (TPSA) is 66.6 Å². The van der Waals surface area contributed by atoms with E-state index < -0.39 is 11.4 Å². The fourth-order valence-corrected chi connectivity index (χ4v) is 2.07. The molecule has 0 saturated carbocycles. The highest BCUT2D eigenvalue weighted by Crippen LogP contribution is 2.23. The largest absolute Gasteiger partial charge is 0.399 e. The number of carbonyl (C=O) groups excluding carboxylic acids is 1. The number of hydrogen-bond donors (Lipinski definition) is 2. The number of nitrogens with zero attached hydrogens (tertiary/aromatic N) is 1. The standard InChI is InChI=1S/C13H17FN2O2/c1-13(18)4-6-16(7-5-13)12(17)10-3-2-9(15)8-11(10)14/h2-3,8,18H,4-7,15H2,1H3. The van der Waals surface area contributed by atoms with E-state index in [-0.39, 0.29) is 11.5 Å². The van der Waals surface area contributed by atoms with E-state index in [1.807, 2.05) is 0 Å². The van der Waals surface area contributed by atoms with Gasteiger partial charge in [-0.1, -0.05) is 0 Å². The van der Waals surface area contributed by atoms with Crippen LogP contribution in [0, 0.1) is 5.82 Å². The molecular weight excluding hydrogens is 235 g/mol. The van der Waals surface area contributed by atoms with Crippen molar-refractivity contribution in [1.82, 2.24) is 4.90 Å². The minimum absolute atomic E-state index is 0.0331. The highest BCUT2D eigenvalue weighted by Gasteiger charge is 2.30. The minimum Gasteiger partial charge on any atom is -0.399 e. The molecule has 1 fully saturated rings. The van der Waals surface area contributed by atoms with Crippen LogP contribution >= 0.6 is 0 Å². The first-order valence-electron chi connectivity index (χ1n) is 5.96. The number of benzene rings is 1. The van der Waals surface area contributed by atoms with Crippen molar-refractivity contribution in [3.05, 3.63) is 29.6 Å². The van der Waals surface area contributed by atoms with Gasteiger partial charge in [-0.2, -0.15) is 0 Å². The molecule has 3 N–H and O–H groups in total. The average Bonchev–Trinajstić information content (AvgIpc) is 2.28. The summed E-state index contributed by atoms with van der Waals surface area (Å²) in [5, 5.41) is 9.81. The van der Waals surface area contributed by atoms with Gasteiger partial charge in [-0.05, 0) is 38.0 Å². The molecule has 2 rings (SSSR count). The summed E-state index contributed by atoms with van der Waals surface area (Å²) in [7, 11) is 0. The lowest BCUT2D eigenvalue weighted by molar-refractivity contribution is -0.00213. The van der Waals surface area contributed by atoms with Crippen LogP contribution in [0.25, 0.3) is 0 Å². The van der Waals surface area contributed by atoms with Gasteiger partial charge in [0.25, 0.3) is 5.91 Å². The van der Waals surface area contributed by atoms with Crippen LogP contribution in [0.1, 0.15) is 30.1 Å². The quantitative estimate of drug-likeness (QED) is 0.742. The van der Waals surface area contributed by atoms with Crippen LogP contribution < -0.4 is 5.73 Å². The molecule has 1 saturated heterocycles. The lowest BCUT2D eigenvalue weighted by atomic mass is 9.93. The number of rotatable bonds is 1. The zero-order valence-corrected chi connectivity index (χ0v) is 10.3. The summed E-state index contributed by atoms with van der Waals surface area (Å²) >= 11 is 0. The van der Waals surface area contributed by atoms with Gasteiger partial charge in [0.2, 0.25) is 0 Å². The van der Waals surface area contributed by atoms with Crippen molar-refractivity contribution in [1.29, 1.82) is 0 Å². The number of halogens is 1. The molecule has 0 spiro atoms. The molecule has 1 amide bonds. The number of amides is 1. The van der Waals surface area contributed by atoms with Crippen LogP contribution in [0.5, 0.6) is 0 Å². The maximum Gasteiger partial charge on any atom is 0.256 e. The van der Waals surface area contributed by atoms with Gasteiger partial charge in [0.05, 0.1) is 11.2 Å². The number of hydrogen-bond acceptors (Lipinski definition) is 3. The first kappa shape index (κ1) is 12.8. The number of nitrogen functional groups attached to an aromatic ring is 1. The van der Waals surface area contributed by atoms with Crippen LogP contribution in [0.2, 0.25) is 0 Å². The Bertz CT molecular complexity index is 464. The van der Waals surface area contributed by atoms with Gasteiger partial charge in [0.15, 0.2) is 0 Å². The maximum absolute atomic E-state index is 13.6. The van der Waals surface area contributed by atoms with Gasteiger partial charge in [0, 0.05) is 18.8 Å². The highest BCUT2D eigenvalue weighted by molar-refractivity contribution is 5.94. The lowest BCUT2D eigenvalue weighted by Gasteiger charge is -2.35. The molecule has 0 unspecified atom stereocenters. The van der Waals surface area contributed by atoms with Crippen LogP contribution in [-0.4, -0.2) is 34.6 Å². The predicted molar refractivity (Wildman–Crippen MR) is 66.6 cm³/mol. The Morgan fingerprint density at radius 2 is 2.06 bits per heavy atom. The molecule has 1 aliphatic heterocycles. The molecule has 0 aliphatic carbocycles. The third-order valence-corrected chi connectivity index (χ3v) is 3.35. The Morgan fingerprint density at radius 1 is 1.44 bits per heavy atom. The molecule has 18 heavy (non-hydrogen) atoms. The predicted octanol–water partition coefficient (Wildman–Crippen LogP) is 1.39. The fraction of sp³-hybridized carbons (Fsp3) is 0.462. The van der Waals surface area contributed by atoms with Crippen LogP contribution in [0.15, 0.2) is 18.2 Å². The molecule has 0 aromatic heterocycles. The molecule has 1 aromatic carbocycles. The summed E-state index contributed by atoms with van der Waals surface area (Å²) in [6.45, 7) is 2.63. The maximum atomic E-state index is 13.6. The van der Waals surface area contributed by atoms with Gasteiger partial charge in [-0.15, -0.1) is 0 Å². The van der Waals surface area contributed by atoms with Crippen molar-refractivity contribution >= 4 is 11.6 Å². The van der Waals surface area contributed by atoms with Crippen molar-refractivity contribution in [2.24, 2.45) is 0 Å². The summed E-state index contributed by atoms with van der Waals surface area (Å²) < 4.78 is 13.6. The Morgan fingerprint density at radius 3 is 2.61 bits per heavy atom. The smallest absolute Gasteiger partial charge is 0.256 e. The van der Waals surface area contributed by atoms with Crippen molar-refractivity contribution < 1.29 is 14.3 Å². The van der Waals surface area contributed by atoms with Crippen molar-refractivity contribution in [3.63, 3.8) is 0 Å². The third kappa shape index (κ3) is 2.61. The first-order valence-corrected chi connectivity index (χ1v) is 5.96. The number of aliphatic hydroxyl groups is 1. The first-order chi connectivity index (χ1) is 8.39. The van der Waals surface area contributed by atoms with E-state index in [1.165, 1.54) is 12.1 Å². The molecule has 5 heteroatoms. The van der Waals surface area contributed by atoms with E-state index in [4.69, 9.17) is 5.73 Å². The molecule has 1 aromatic rings. The van der Waals surface area contributed by atoms with Crippen LogP contribution in [0.4, 0.5) is 10.1 Å². The number of carbonyl (C=O) groups is 1. The summed E-state index contributed by atoms with van der Waals surface area (Å²) in [5.74, 6) is -0.944. The summed E-state index contributed by atoms with van der Waals surface area (Å²) in [6.07, 6.45) is 1.02. The molecule has 0 radical (unpaired) electrons. The van der Waals surface area contributed by atoms with E-state index >= 15 is 0 Å². The van der Waals surface area contributed by atoms with Gasteiger partial charge in [-0.25, -0.2) is 4.39 Å². The molecular formula is C13H17FN2O2. The zero-order chi connectivity index (χ0) is 13.3. The Kier molecular flexibility index (Phi) is 3.26. The van der Waals surface area contributed by atoms with Crippen molar-refractivity contribution in [3.8, 4) is 0 Å². The van der Waals surface area contributed by atoms with Gasteiger partial charge < -0.3 is 15.7 Å². The molecule has 0 atom stereocenters. The second-order valence-corrected chi connectivity index (χ2v) is 5.03. The number of piperidine rings is 1. The SMILES string of the molecule is CC1(O)CCN(C(=O)c2ccc(N)cc2F)CC1. The Labute approximate surface area is 105 Å². The van der Waals surface area contributed by atoms with Gasteiger partial charge in [-0.3, -0.25) is 4.79 Å². The number of likely N-dealkylation sites (tertiary alicyclic amines) is 1. The summed E-state index contributed by atoms with van der Waals surface area (Å²) in [4.78, 5) is 13.7. The molecule has 98 valence electrons. The Hall–Kier alpha value is -1.62. The molecule has 4 nitrogen and oxygen atoms in total. The lowest BCUT2D eigenvalue weighted by Crippen LogP contribution is -2.45. The second kappa shape index (κ2) is 4.57. The normalized spacial score (nSPS) is 18.7. The second-order valence-electron chi connectivity index (χ2n) is 5.03. The van der Waals surface area contributed by atoms with E-state index in [1.54, 1.807) is 11.8 Å². The van der Waals surface area contributed by atoms with E-state index in [0.29, 0.717) is 31.6 Å². The zero-order valence-electron chi connectivity index (χ0n) is 10.3. The van der Waals surface area contributed by atoms with Crippen LogP contribution in [0.3, 0.4) is 0 Å². The molecule has 1 heterocycles. The molecule has 0 bridgehead atoms. The summed E-state index contributed by atoms with van der Waals surface area (Å²) in [5.41, 5.74) is 5.05. The van der Waals surface area contributed by atoms with Gasteiger partial charge >= 0.3 is 0 Å². The fourth-order valence-electron chi connectivity index (χ4n) is 2.07. The van der Waals surface area contributed by atoms with Gasteiger partial charge in [0.1, 0.15) is 5.82 Å². The molecule has 1 aliphatic rings. The number of anilines is 1. The summed E-state index contributed by atoms with van der Waals surface area (Å²) in [6, 6.07) is 4.06. The van der Waals surface area contributed by atoms with Crippen molar-refractivity contribution in [2.45, 2.75) is 25.4 Å². The minimum atomic E-state index is -0.726. The van der Waals surface area contributed by atoms with E-state index in [0.717, 1.165) is 6.07 Å². The van der Waals surface area contributed by atoms with E-state index in [9.17, 15) is 14.3 Å². The number of nitrogens with two attached hydrogens (primary N) is 1. The monoisotopic (exact) mass is 252 g/mol. The highest BCUT2D eigenvalue weighted by atomic mass is 19.1. The van der Waals surface area contributed by atoms with E-state index in [2.05, 4.69) is 0 Å². The average molecular weight is 252 g/mol. The van der Waals surface area contributed by atoms with Crippen LogP contribution in [-0.2, 0) is 0 Å². The Balaban J connectivity index is 2.13.